The van der Waals surface area contributed by atoms with Crippen LogP contribution in [0.1, 0.15) is 19.9 Å². The van der Waals surface area contributed by atoms with Crippen LogP contribution >= 0.6 is 0 Å². The second kappa shape index (κ2) is 6.29. The Morgan fingerprint density at radius 1 is 1.12 bits per heavy atom. The van der Waals surface area contributed by atoms with E-state index in [9.17, 15) is 13.2 Å². The molecule has 0 fully saturated rings. The average Bonchev–Trinajstić information content (AvgIpc) is 2.89. The predicted octanol–water partition coefficient (Wildman–Crippen LogP) is 2.98. The topological polar surface area (TPSA) is 90.5 Å². The maximum Gasteiger partial charge on any atom is 0.420 e. The lowest BCUT2D eigenvalue weighted by molar-refractivity contribution is 0.414. The first-order chi connectivity index (χ1) is 11.8. The summed E-state index contributed by atoms with van der Waals surface area (Å²) in [5.41, 5.74) is 1.26. The molecule has 0 spiro atoms. The Morgan fingerprint density at radius 3 is 2.40 bits per heavy atom. The summed E-state index contributed by atoms with van der Waals surface area (Å²) in [6, 6.07) is 10.7. The van der Waals surface area contributed by atoms with Gasteiger partial charge in [0.15, 0.2) is 5.58 Å². The molecule has 0 radical (unpaired) electrons. The summed E-state index contributed by atoms with van der Waals surface area (Å²) in [5, 5.41) is 0. The van der Waals surface area contributed by atoms with E-state index in [1.54, 1.807) is 24.3 Å². The van der Waals surface area contributed by atoms with Gasteiger partial charge in [-0.25, -0.2) is 13.2 Å². The first-order valence-electron chi connectivity index (χ1n) is 7.64. The summed E-state index contributed by atoms with van der Waals surface area (Å²) in [6.45, 7) is 3.74. The van der Waals surface area contributed by atoms with E-state index in [2.05, 4.69) is 4.72 Å². The highest BCUT2D eigenvalue weighted by atomic mass is 32.2. The standard InChI is InChI=1S/C17H18N2O5S/c1-11(2)19-15-9-4-12(10-16(15)24-17(19)20)18-25(21,22)14-7-5-13(23-3)6-8-14/h4-11,18H,1-3H3. The summed E-state index contributed by atoms with van der Waals surface area (Å²) in [4.78, 5) is 12.0. The van der Waals surface area contributed by atoms with E-state index in [0.717, 1.165) is 0 Å². The molecule has 132 valence electrons. The lowest BCUT2D eigenvalue weighted by Crippen LogP contribution is -2.16. The summed E-state index contributed by atoms with van der Waals surface area (Å²) < 4.78 is 39.2. The Morgan fingerprint density at radius 2 is 1.80 bits per heavy atom. The van der Waals surface area contributed by atoms with Gasteiger partial charge in [0.1, 0.15) is 5.75 Å². The van der Waals surface area contributed by atoms with Gasteiger partial charge in [-0.05, 0) is 50.2 Å². The number of fused-ring (bicyclic) bond motifs is 1. The summed E-state index contributed by atoms with van der Waals surface area (Å²) in [5.74, 6) is 0.0948. The van der Waals surface area contributed by atoms with Crippen molar-refractivity contribution < 1.29 is 17.6 Å². The molecule has 3 aromatic rings. The third kappa shape index (κ3) is 3.25. The van der Waals surface area contributed by atoms with Crippen LogP contribution in [0.3, 0.4) is 0 Å². The molecule has 0 unspecified atom stereocenters. The van der Waals surface area contributed by atoms with Crippen LogP contribution in [0, 0.1) is 0 Å². The maximum atomic E-state index is 12.5. The number of benzene rings is 2. The van der Waals surface area contributed by atoms with Gasteiger partial charge in [0.05, 0.1) is 23.2 Å². The molecule has 0 aliphatic carbocycles. The number of nitrogens with zero attached hydrogens (tertiary/aromatic N) is 1. The third-order valence-corrected chi connectivity index (χ3v) is 5.15. The van der Waals surface area contributed by atoms with Gasteiger partial charge in [0.2, 0.25) is 0 Å². The monoisotopic (exact) mass is 362 g/mol. The predicted molar refractivity (Wildman–Crippen MR) is 94.7 cm³/mol. The van der Waals surface area contributed by atoms with E-state index in [1.807, 2.05) is 13.8 Å². The van der Waals surface area contributed by atoms with Crippen molar-refractivity contribution in [3.05, 3.63) is 53.0 Å². The Bertz CT molecular complexity index is 1060. The highest BCUT2D eigenvalue weighted by Gasteiger charge is 2.17. The fourth-order valence-corrected chi connectivity index (χ4v) is 3.61. The van der Waals surface area contributed by atoms with Gasteiger partial charge >= 0.3 is 5.76 Å². The second-order valence-corrected chi connectivity index (χ2v) is 7.48. The minimum atomic E-state index is -3.76. The molecule has 0 saturated heterocycles. The molecule has 0 atom stereocenters. The van der Waals surface area contributed by atoms with E-state index in [0.29, 0.717) is 22.5 Å². The van der Waals surface area contributed by atoms with Crippen molar-refractivity contribution in [2.75, 3.05) is 11.8 Å². The van der Waals surface area contributed by atoms with Crippen molar-refractivity contribution in [1.82, 2.24) is 4.57 Å². The number of ether oxygens (including phenoxy) is 1. The van der Waals surface area contributed by atoms with Crippen LogP contribution in [0.15, 0.2) is 56.6 Å². The Hall–Kier alpha value is -2.74. The first kappa shape index (κ1) is 17.1. The van der Waals surface area contributed by atoms with Gasteiger partial charge in [-0.1, -0.05) is 0 Å². The zero-order valence-electron chi connectivity index (χ0n) is 14.0. The molecular formula is C17H18N2O5S. The van der Waals surface area contributed by atoms with Crippen LogP contribution in [0.4, 0.5) is 5.69 Å². The van der Waals surface area contributed by atoms with Crippen molar-refractivity contribution in [3.63, 3.8) is 0 Å². The van der Waals surface area contributed by atoms with Crippen molar-refractivity contribution in [3.8, 4) is 5.75 Å². The van der Waals surface area contributed by atoms with Gasteiger partial charge in [-0.15, -0.1) is 0 Å². The number of sulfonamides is 1. The molecule has 3 rings (SSSR count). The number of methoxy groups -OCH3 is 1. The zero-order chi connectivity index (χ0) is 18.2. The average molecular weight is 362 g/mol. The van der Waals surface area contributed by atoms with E-state index in [1.165, 1.54) is 29.9 Å². The largest absolute Gasteiger partial charge is 0.497 e. The van der Waals surface area contributed by atoms with Gasteiger partial charge in [0.25, 0.3) is 10.0 Å². The number of rotatable bonds is 5. The van der Waals surface area contributed by atoms with E-state index < -0.39 is 15.8 Å². The van der Waals surface area contributed by atoms with Crippen molar-refractivity contribution in [1.29, 1.82) is 0 Å². The fourth-order valence-electron chi connectivity index (χ4n) is 2.56. The second-order valence-electron chi connectivity index (χ2n) is 5.80. The summed E-state index contributed by atoms with van der Waals surface area (Å²) in [6.07, 6.45) is 0. The molecule has 8 heteroatoms. The first-order valence-corrected chi connectivity index (χ1v) is 9.12. The van der Waals surface area contributed by atoms with Crippen LogP contribution < -0.4 is 15.2 Å². The number of nitrogens with one attached hydrogen (secondary N) is 1. The van der Waals surface area contributed by atoms with Crippen LogP contribution in [-0.2, 0) is 10.0 Å². The van der Waals surface area contributed by atoms with Crippen molar-refractivity contribution in [2.24, 2.45) is 0 Å². The minimum Gasteiger partial charge on any atom is -0.497 e. The van der Waals surface area contributed by atoms with E-state index >= 15 is 0 Å². The molecule has 2 aromatic carbocycles. The van der Waals surface area contributed by atoms with Crippen LogP contribution in [-0.4, -0.2) is 20.1 Å². The van der Waals surface area contributed by atoms with E-state index in [-0.39, 0.29) is 10.9 Å². The Balaban J connectivity index is 1.95. The third-order valence-electron chi connectivity index (χ3n) is 3.75. The molecule has 1 N–H and O–H groups in total. The molecular weight excluding hydrogens is 344 g/mol. The van der Waals surface area contributed by atoms with Gasteiger partial charge < -0.3 is 9.15 Å². The zero-order valence-corrected chi connectivity index (χ0v) is 14.8. The molecule has 0 aliphatic heterocycles. The molecule has 0 saturated carbocycles. The molecule has 1 aromatic heterocycles. The molecule has 0 amide bonds. The number of anilines is 1. The quantitative estimate of drug-likeness (QED) is 0.753. The number of aromatic nitrogens is 1. The smallest absolute Gasteiger partial charge is 0.420 e. The van der Waals surface area contributed by atoms with Gasteiger partial charge in [-0.2, -0.15) is 0 Å². The van der Waals surface area contributed by atoms with Crippen LogP contribution in [0.5, 0.6) is 5.75 Å². The lowest BCUT2D eigenvalue weighted by atomic mass is 10.2. The summed E-state index contributed by atoms with van der Waals surface area (Å²) in [7, 11) is -2.25. The highest BCUT2D eigenvalue weighted by molar-refractivity contribution is 7.92. The van der Waals surface area contributed by atoms with Crippen molar-refractivity contribution >= 4 is 26.8 Å². The number of hydrogen-bond acceptors (Lipinski definition) is 5. The number of oxazole rings is 1. The SMILES string of the molecule is COc1ccc(S(=O)(=O)Nc2ccc3c(c2)oc(=O)n3C(C)C)cc1. The lowest BCUT2D eigenvalue weighted by Gasteiger charge is -2.09. The molecule has 25 heavy (non-hydrogen) atoms. The minimum absolute atomic E-state index is 0.0596. The summed E-state index contributed by atoms with van der Waals surface area (Å²) >= 11 is 0. The van der Waals surface area contributed by atoms with Gasteiger partial charge in [-0.3, -0.25) is 9.29 Å². The Kier molecular flexibility index (Phi) is 4.30. The number of hydrogen-bond donors (Lipinski definition) is 1. The van der Waals surface area contributed by atoms with Crippen LogP contribution in [0.25, 0.3) is 11.1 Å². The van der Waals surface area contributed by atoms with Gasteiger partial charge in [0, 0.05) is 12.1 Å². The van der Waals surface area contributed by atoms with E-state index in [4.69, 9.17) is 9.15 Å². The maximum absolute atomic E-state index is 12.5. The van der Waals surface area contributed by atoms with Crippen molar-refractivity contribution in [2.45, 2.75) is 24.8 Å². The molecule has 1 heterocycles. The highest BCUT2D eigenvalue weighted by Crippen LogP contribution is 2.24. The van der Waals surface area contributed by atoms with Crippen LogP contribution in [0.2, 0.25) is 0 Å². The molecule has 0 bridgehead atoms. The normalized spacial score (nSPS) is 11.8. The molecule has 0 aliphatic rings. The Labute approximate surface area is 144 Å². The molecule has 7 nitrogen and oxygen atoms in total. The fraction of sp³-hybridized carbons (Fsp3) is 0.235.